The molecule has 0 saturated carbocycles. The lowest BCUT2D eigenvalue weighted by atomic mass is 9.94. The molecule has 20 heavy (non-hydrogen) atoms. The second-order valence-corrected chi connectivity index (χ2v) is 5.32. The van der Waals surface area contributed by atoms with Crippen LogP contribution in [0.3, 0.4) is 0 Å². The van der Waals surface area contributed by atoms with E-state index >= 15 is 0 Å². The number of carbonyl (C=O) groups is 1. The van der Waals surface area contributed by atoms with Crippen molar-refractivity contribution in [3.05, 3.63) is 35.4 Å². The first-order valence-electron chi connectivity index (χ1n) is 7.41. The Labute approximate surface area is 121 Å². The van der Waals surface area contributed by atoms with Gasteiger partial charge >= 0.3 is 5.97 Å². The highest BCUT2D eigenvalue weighted by Gasteiger charge is 2.30. The molecule has 4 heteroatoms. The third kappa shape index (κ3) is 3.38. The van der Waals surface area contributed by atoms with Gasteiger partial charge in [-0.1, -0.05) is 38.1 Å². The lowest BCUT2D eigenvalue weighted by molar-refractivity contribution is -0.144. The molecule has 2 rings (SSSR count). The summed E-state index contributed by atoms with van der Waals surface area (Å²) in [6.07, 6.45) is 0.615. The molecule has 0 bridgehead atoms. The Kier molecular flexibility index (Phi) is 5.15. The van der Waals surface area contributed by atoms with Crippen LogP contribution < -0.4 is 0 Å². The number of rotatable bonds is 6. The van der Waals surface area contributed by atoms with E-state index in [0.29, 0.717) is 6.42 Å². The Hall–Kier alpha value is -1.39. The van der Waals surface area contributed by atoms with Crippen molar-refractivity contribution in [2.45, 2.75) is 32.9 Å². The maximum atomic E-state index is 11.5. The van der Waals surface area contributed by atoms with Crippen molar-refractivity contribution in [3.8, 4) is 0 Å². The van der Waals surface area contributed by atoms with Crippen LogP contribution in [0, 0.1) is 0 Å². The summed E-state index contributed by atoms with van der Waals surface area (Å²) < 4.78 is 0. The van der Waals surface area contributed by atoms with E-state index in [1.54, 1.807) is 0 Å². The smallest absolute Gasteiger partial charge is 0.321 e. The molecule has 0 fully saturated rings. The van der Waals surface area contributed by atoms with Gasteiger partial charge in [-0.25, -0.2) is 0 Å². The third-order valence-electron chi connectivity index (χ3n) is 4.23. The SMILES string of the molecule is CCN(CC)CCN1Cc2ccccc2CC1C(=O)O. The number of carboxylic acids is 1. The van der Waals surface area contributed by atoms with Gasteiger partial charge < -0.3 is 10.0 Å². The van der Waals surface area contributed by atoms with Crippen LogP contribution in [0.25, 0.3) is 0 Å². The minimum absolute atomic E-state index is 0.388. The maximum absolute atomic E-state index is 11.5. The van der Waals surface area contributed by atoms with Crippen molar-refractivity contribution in [2.75, 3.05) is 26.2 Å². The maximum Gasteiger partial charge on any atom is 0.321 e. The molecule has 0 radical (unpaired) electrons. The number of benzene rings is 1. The molecule has 1 aliphatic rings. The van der Waals surface area contributed by atoms with Gasteiger partial charge in [-0.15, -0.1) is 0 Å². The van der Waals surface area contributed by atoms with Crippen molar-refractivity contribution >= 4 is 5.97 Å². The van der Waals surface area contributed by atoms with Crippen molar-refractivity contribution in [1.82, 2.24) is 9.80 Å². The Morgan fingerprint density at radius 3 is 2.55 bits per heavy atom. The largest absolute Gasteiger partial charge is 0.480 e. The molecule has 1 aromatic carbocycles. The molecule has 110 valence electrons. The molecule has 4 nitrogen and oxygen atoms in total. The lowest BCUT2D eigenvalue weighted by Gasteiger charge is -2.35. The van der Waals surface area contributed by atoms with E-state index in [2.05, 4.69) is 29.7 Å². The fraction of sp³-hybridized carbons (Fsp3) is 0.562. The number of hydrogen-bond acceptors (Lipinski definition) is 3. The molecule has 1 N–H and O–H groups in total. The molecule has 1 aliphatic heterocycles. The van der Waals surface area contributed by atoms with E-state index in [1.165, 1.54) is 11.1 Å². The standard InChI is InChI=1S/C16H24N2O2/c1-3-17(4-2)9-10-18-12-14-8-6-5-7-13(14)11-15(18)16(19)20/h5-8,15H,3-4,9-12H2,1-2H3,(H,19,20). The monoisotopic (exact) mass is 276 g/mol. The van der Waals surface area contributed by atoms with Crippen LogP contribution in [-0.2, 0) is 17.8 Å². The number of likely N-dealkylation sites (N-methyl/N-ethyl adjacent to an activating group) is 1. The molecule has 0 aliphatic carbocycles. The van der Waals surface area contributed by atoms with E-state index in [-0.39, 0.29) is 6.04 Å². The molecule has 1 unspecified atom stereocenters. The van der Waals surface area contributed by atoms with Crippen molar-refractivity contribution < 1.29 is 9.90 Å². The van der Waals surface area contributed by atoms with E-state index < -0.39 is 5.97 Å². The van der Waals surface area contributed by atoms with Crippen LogP contribution in [0.4, 0.5) is 0 Å². The Balaban J connectivity index is 2.08. The van der Waals surface area contributed by atoms with Gasteiger partial charge in [0.15, 0.2) is 0 Å². The highest BCUT2D eigenvalue weighted by atomic mass is 16.4. The number of hydrogen-bond donors (Lipinski definition) is 1. The van der Waals surface area contributed by atoms with Crippen LogP contribution in [0.15, 0.2) is 24.3 Å². The van der Waals surface area contributed by atoms with Crippen molar-refractivity contribution in [2.24, 2.45) is 0 Å². The van der Waals surface area contributed by atoms with Gasteiger partial charge in [0.1, 0.15) is 6.04 Å². The second-order valence-electron chi connectivity index (χ2n) is 5.32. The summed E-state index contributed by atoms with van der Waals surface area (Å²) in [4.78, 5) is 15.9. The van der Waals surface area contributed by atoms with Gasteiger partial charge in [0, 0.05) is 19.6 Å². The lowest BCUT2D eigenvalue weighted by Crippen LogP contribution is -2.48. The van der Waals surface area contributed by atoms with Crippen molar-refractivity contribution in [1.29, 1.82) is 0 Å². The topological polar surface area (TPSA) is 43.8 Å². The van der Waals surface area contributed by atoms with E-state index in [4.69, 9.17) is 0 Å². The summed E-state index contributed by atoms with van der Waals surface area (Å²) in [6.45, 7) is 8.80. The van der Waals surface area contributed by atoms with Gasteiger partial charge in [-0.05, 0) is 30.6 Å². The van der Waals surface area contributed by atoms with Gasteiger partial charge in [0.2, 0.25) is 0 Å². The normalized spacial score (nSPS) is 19.1. The summed E-state index contributed by atoms with van der Waals surface area (Å²) in [5.74, 6) is -0.709. The van der Waals surface area contributed by atoms with E-state index in [1.807, 2.05) is 18.2 Å². The quantitative estimate of drug-likeness (QED) is 0.861. The number of carboxylic acid groups (broad SMARTS) is 1. The average molecular weight is 276 g/mol. The Morgan fingerprint density at radius 2 is 1.95 bits per heavy atom. The summed E-state index contributed by atoms with van der Waals surface area (Å²) in [7, 11) is 0. The van der Waals surface area contributed by atoms with E-state index in [0.717, 1.165) is 32.7 Å². The molecular formula is C16H24N2O2. The Morgan fingerprint density at radius 1 is 1.30 bits per heavy atom. The minimum Gasteiger partial charge on any atom is -0.480 e. The fourth-order valence-electron chi connectivity index (χ4n) is 2.87. The predicted molar refractivity (Wildman–Crippen MR) is 79.8 cm³/mol. The first kappa shape index (κ1) is 15.0. The van der Waals surface area contributed by atoms with Gasteiger partial charge in [-0.3, -0.25) is 9.69 Å². The molecule has 0 aromatic heterocycles. The van der Waals surface area contributed by atoms with Gasteiger partial charge in [-0.2, -0.15) is 0 Å². The van der Waals surface area contributed by atoms with Crippen molar-refractivity contribution in [3.63, 3.8) is 0 Å². The predicted octanol–water partition coefficient (Wildman–Crippen LogP) is 1.84. The summed E-state index contributed by atoms with van der Waals surface area (Å²) in [5, 5.41) is 9.46. The summed E-state index contributed by atoms with van der Waals surface area (Å²) in [5.41, 5.74) is 2.45. The molecule has 0 amide bonds. The molecule has 0 saturated heterocycles. The number of fused-ring (bicyclic) bond motifs is 1. The first-order chi connectivity index (χ1) is 9.65. The second kappa shape index (κ2) is 6.86. The van der Waals surface area contributed by atoms with Crippen LogP contribution in [0.2, 0.25) is 0 Å². The molecule has 1 heterocycles. The number of aliphatic carboxylic acids is 1. The van der Waals surface area contributed by atoms with Crippen LogP contribution in [0.1, 0.15) is 25.0 Å². The van der Waals surface area contributed by atoms with Crippen LogP contribution in [-0.4, -0.2) is 53.1 Å². The zero-order valence-electron chi connectivity index (χ0n) is 12.4. The van der Waals surface area contributed by atoms with Gasteiger partial charge in [0.05, 0.1) is 0 Å². The average Bonchev–Trinajstić information content (AvgIpc) is 2.47. The molecule has 1 atom stereocenters. The molecule has 0 spiro atoms. The Bertz CT molecular complexity index is 458. The number of nitrogens with zero attached hydrogens (tertiary/aromatic N) is 2. The van der Waals surface area contributed by atoms with Gasteiger partial charge in [0.25, 0.3) is 0 Å². The van der Waals surface area contributed by atoms with Crippen LogP contribution >= 0.6 is 0 Å². The zero-order valence-corrected chi connectivity index (χ0v) is 12.4. The minimum atomic E-state index is -0.709. The zero-order chi connectivity index (χ0) is 14.5. The summed E-state index contributed by atoms with van der Waals surface area (Å²) >= 11 is 0. The fourth-order valence-corrected chi connectivity index (χ4v) is 2.87. The highest BCUT2D eigenvalue weighted by Crippen LogP contribution is 2.23. The molecular weight excluding hydrogens is 252 g/mol. The highest BCUT2D eigenvalue weighted by molar-refractivity contribution is 5.74. The first-order valence-corrected chi connectivity index (χ1v) is 7.41. The molecule has 1 aromatic rings. The van der Waals surface area contributed by atoms with Crippen LogP contribution in [0.5, 0.6) is 0 Å². The van der Waals surface area contributed by atoms with E-state index in [9.17, 15) is 9.90 Å². The summed E-state index contributed by atoms with van der Waals surface area (Å²) in [6, 6.07) is 7.79. The third-order valence-corrected chi connectivity index (χ3v) is 4.23.